The Bertz CT molecular complexity index is 321. The zero-order valence-corrected chi connectivity index (χ0v) is 14.7. The van der Waals surface area contributed by atoms with Gasteiger partial charge in [0.2, 0.25) is 0 Å². The first-order valence-corrected chi connectivity index (χ1v) is 20.1. The van der Waals surface area contributed by atoms with Gasteiger partial charge in [-0.1, -0.05) is 42.8 Å². The van der Waals surface area contributed by atoms with Crippen LogP contribution < -0.4 is 0 Å². The molecule has 0 saturated carbocycles. The summed E-state index contributed by atoms with van der Waals surface area (Å²) in [6.07, 6.45) is 5.65. The van der Waals surface area contributed by atoms with E-state index in [0.29, 0.717) is 0 Å². The molecule has 1 radical (unpaired) electrons. The Morgan fingerprint density at radius 1 is 1.14 bits per heavy atom. The molecule has 0 saturated heterocycles. The van der Waals surface area contributed by atoms with E-state index in [2.05, 4.69) is 68.3 Å². The zero-order valence-electron chi connectivity index (χ0n) is 7.93. The molecule has 0 aliphatic heterocycles. The molecule has 0 nitrogen and oxygen atoms in total. The molecule has 1 aliphatic carbocycles. The third-order valence-electron chi connectivity index (χ3n) is 2.09. The quantitative estimate of drug-likeness (QED) is 0.509. The number of fused-ring (bicyclic) bond motifs is 1. The molecule has 0 N–H and O–H groups in total. The van der Waals surface area contributed by atoms with Crippen molar-refractivity contribution in [2.45, 2.75) is 13.3 Å². The first kappa shape index (κ1) is 12.9. The van der Waals surface area contributed by atoms with E-state index in [1.807, 2.05) is 0 Å². The van der Waals surface area contributed by atoms with Crippen molar-refractivity contribution in [3.05, 3.63) is 47.4 Å². The van der Waals surface area contributed by atoms with E-state index in [1.54, 1.807) is 0 Å². The Morgan fingerprint density at radius 3 is 2.21 bits per heavy atom. The van der Waals surface area contributed by atoms with Gasteiger partial charge < -0.3 is 0 Å². The molecular weight excluding hydrogens is 470 g/mol. The van der Waals surface area contributed by atoms with Gasteiger partial charge in [-0.15, -0.1) is 0 Å². The second-order valence-corrected chi connectivity index (χ2v) is 18.6. The predicted octanol–water partition coefficient (Wildman–Crippen LogP) is 4.73. The summed E-state index contributed by atoms with van der Waals surface area (Å²) in [7, 11) is 0. The van der Waals surface area contributed by atoms with Crippen LogP contribution in [0.5, 0.6) is 0 Å². The third-order valence-corrected chi connectivity index (χ3v) is 2.09. The van der Waals surface area contributed by atoms with Gasteiger partial charge in [-0.3, -0.25) is 0 Å². The minimum absolute atomic E-state index is 0.292. The molecule has 0 aromatic heterocycles. The number of halogens is 2. The maximum absolute atomic E-state index is 3.26. The Hall–Kier alpha value is 0.790. The van der Waals surface area contributed by atoms with Gasteiger partial charge in [0.25, 0.3) is 0 Å². The standard InChI is InChI=1S/C11H11.2BrH.Hf/c1-2-9-7-10-5-3-4-6-11(10)8-9;;;/h3-8H,2H2,1H3;2*1H;/q;;;+2/p-2. The molecule has 14 heavy (non-hydrogen) atoms. The number of rotatable bonds is 1. The fourth-order valence-corrected chi connectivity index (χ4v) is 1.42. The van der Waals surface area contributed by atoms with E-state index < -0.39 is 0 Å². The summed E-state index contributed by atoms with van der Waals surface area (Å²) < 4.78 is 0. The van der Waals surface area contributed by atoms with Crippen LogP contribution in [0.25, 0.3) is 6.08 Å². The summed E-state index contributed by atoms with van der Waals surface area (Å²) in [5.41, 5.74) is 4.17. The maximum atomic E-state index is 3.26. The number of hydrogen-bond acceptors (Lipinski definition) is 0. The van der Waals surface area contributed by atoms with Crippen LogP contribution in [0.1, 0.15) is 24.5 Å². The van der Waals surface area contributed by atoms with Crippen LogP contribution >= 0.6 is 24.6 Å². The van der Waals surface area contributed by atoms with Crippen LogP contribution in [-0.2, 0) is 18.2 Å². The molecule has 2 rings (SSSR count). The second-order valence-electron chi connectivity index (χ2n) is 2.92. The van der Waals surface area contributed by atoms with Crippen molar-refractivity contribution in [3.8, 4) is 0 Å². The molecule has 0 atom stereocenters. The van der Waals surface area contributed by atoms with Crippen molar-refractivity contribution in [2.75, 3.05) is 0 Å². The number of hydrogen-bond donors (Lipinski definition) is 0. The fourth-order valence-electron chi connectivity index (χ4n) is 1.42. The molecule has 1 aromatic carbocycles. The van der Waals surface area contributed by atoms with E-state index in [1.165, 1.54) is 16.7 Å². The molecule has 0 heterocycles. The fraction of sp³-hybridized carbons (Fsp3) is 0.182. The van der Waals surface area contributed by atoms with Gasteiger partial charge in [0.15, 0.2) is 0 Å². The van der Waals surface area contributed by atoms with Crippen molar-refractivity contribution in [1.82, 2.24) is 0 Å². The summed E-state index contributed by atoms with van der Waals surface area (Å²) >= 11 is 6.22. The van der Waals surface area contributed by atoms with Crippen LogP contribution in [-0.4, -0.2) is 0 Å². The predicted molar refractivity (Wildman–Crippen MR) is 66.0 cm³/mol. The van der Waals surface area contributed by atoms with Crippen LogP contribution in [0, 0.1) is 6.42 Å². The van der Waals surface area contributed by atoms with Gasteiger partial charge in [0, 0.05) is 6.42 Å². The summed E-state index contributed by atoms with van der Waals surface area (Å²) in [5, 5.41) is 0. The Kier molecular flexibility index (Phi) is 6.55. The van der Waals surface area contributed by atoms with Crippen LogP contribution in [0.15, 0.2) is 29.8 Å². The van der Waals surface area contributed by atoms with Gasteiger partial charge >= 0.3 is 42.8 Å². The minimum atomic E-state index is -0.292. The molecule has 0 fully saturated rings. The van der Waals surface area contributed by atoms with E-state index in [4.69, 9.17) is 0 Å². The molecule has 1 aliphatic rings. The van der Waals surface area contributed by atoms with Crippen LogP contribution in [0.4, 0.5) is 0 Å². The third kappa shape index (κ3) is 3.74. The zero-order chi connectivity index (χ0) is 10.4. The molecule has 0 amide bonds. The average Bonchev–Trinajstić information content (AvgIpc) is 2.61. The van der Waals surface area contributed by atoms with Gasteiger partial charge in [-0.25, -0.2) is 0 Å². The van der Waals surface area contributed by atoms with Gasteiger partial charge in [0.05, 0.1) is 0 Å². The van der Waals surface area contributed by atoms with Gasteiger partial charge in [0.1, 0.15) is 0 Å². The van der Waals surface area contributed by atoms with Crippen molar-refractivity contribution < 1.29 is 18.2 Å². The second kappa shape index (κ2) is 7.13. The van der Waals surface area contributed by atoms with E-state index in [-0.39, 0.29) is 18.2 Å². The first-order valence-electron chi connectivity index (χ1n) is 4.42. The molecular formula is C11H11Br2Hf. The summed E-state index contributed by atoms with van der Waals surface area (Å²) in [6.45, 7) is 2.19. The van der Waals surface area contributed by atoms with Gasteiger partial charge in [-0.2, -0.15) is 0 Å². The van der Waals surface area contributed by atoms with E-state index in [9.17, 15) is 0 Å². The average molecular weight is 482 g/mol. The summed E-state index contributed by atoms with van der Waals surface area (Å²) in [5.74, 6) is 0. The van der Waals surface area contributed by atoms with Gasteiger partial charge in [-0.05, 0) is 17.5 Å². The summed E-state index contributed by atoms with van der Waals surface area (Å²) in [6, 6.07) is 8.49. The van der Waals surface area contributed by atoms with Crippen molar-refractivity contribution in [1.29, 1.82) is 0 Å². The molecule has 0 unspecified atom stereocenters. The number of allylic oxidation sites excluding steroid dienone is 1. The van der Waals surface area contributed by atoms with E-state index >= 15 is 0 Å². The molecule has 73 valence electrons. The van der Waals surface area contributed by atoms with Crippen molar-refractivity contribution >= 4 is 30.7 Å². The monoisotopic (exact) mass is 481 g/mol. The van der Waals surface area contributed by atoms with Crippen molar-refractivity contribution in [2.24, 2.45) is 0 Å². The van der Waals surface area contributed by atoms with Crippen LogP contribution in [0.3, 0.4) is 0 Å². The Labute approximate surface area is 109 Å². The summed E-state index contributed by atoms with van der Waals surface area (Å²) in [4.78, 5) is 0. The molecule has 3 heteroatoms. The molecule has 0 spiro atoms. The topological polar surface area (TPSA) is 0 Å². The molecule has 0 bridgehead atoms. The van der Waals surface area contributed by atoms with Crippen LogP contribution in [0.2, 0.25) is 0 Å². The Morgan fingerprint density at radius 2 is 1.71 bits per heavy atom. The Balaban J connectivity index is 0.000000293. The molecule has 1 aromatic rings. The normalized spacial score (nSPS) is 12.4. The SMILES string of the molecule is CCC1=Cc2ccccc2[CH]1.[Br][Hf][Br]. The number of benzene rings is 1. The van der Waals surface area contributed by atoms with E-state index in [0.717, 1.165) is 6.42 Å². The first-order chi connectivity index (χ1) is 6.81. The van der Waals surface area contributed by atoms with Crippen molar-refractivity contribution in [3.63, 3.8) is 0 Å².